The van der Waals surface area contributed by atoms with Crippen molar-refractivity contribution < 1.29 is 4.74 Å². The minimum Gasteiger partial charge on any atom is -0.383 e. The third kappa shape index (κ3) is 1.87. The number of methoxy groups -OCH3 is 1. The fourth-order valence-corrected chi connectivity index (χ4v) is 1.36. The molecule has 2 rings (SSSR count). The summed E-state index contributed by atoms with van der Waals surface area (Å²) < 4.78 is 6.45. The maximum absolute atomic E-state index is 11.9. The zero-order valence-corrected chi connectivity index (χ0v) is 8.38. The molecule has 0 spiro atoms. The first-order valence-corrected chi connectivity index (χ1v) is 4.61. The largest absolute Gasteiger partial charge is 0.383 e. The van der Waals surface area contributed by atoms with Crippen LogP contribution in [0.1, 0.15) is 0 Å². The number of pyridine rings is 1. The quantitative estimate of drug-likeness (QED) is 0.729. The van der Waals surface area contributed by atoms with E-state index in [0.717, 1.165) is 0 Å². The average molecular weight is 205 g/mol. The number of hydrogen-bond acceptors (Lipinski definition) is 4. The van der Waals surface area contributed by atoms with Gasteiger partial charge in [0.25, 0.3) is 5.56 Å². The lowest BCUT2D eigenvalue weighted by Crippen LogP contribution is -2.22. The molecule has 0 saturated carbocycles. The van der Waals surface area contributed by atoms with E-state index in [1.807, 2.05) is 0 Å². The van der Waals surface area contributed by atoms with Gasteiger partial charge in [0, 0.05) is 13.3 Å². The Kier molecular flexibility index (Phi) is 2.73. The van der Waals surface area contributed by atoms with Crippen molar-refractivity contribution in [2.75, 3.05) is 13.7 Å². The Morgan fingerprint density at radius 2 is 2.40 bits per heavy atom. The SMILES string of the molecule is COCCn1cnc2cnccc2c1=O. The summed E-state index contributed by atoms with van der Waals surface area (Å²) in [6.45, 7) is 1.01. The van der Waals surface area contributed by atoms with Gasteiger partial charge in [-0.15, -0.1) is 0 Å². The number of aromatic nitrogens is 3. The summed E-state index contributed by atoms with van der Waals surface area (Å²) >= 11 is 0. The molecule has 2 aromatic rings. The Labute approximate surface area is 86.4 Å². The fraction of sp³-hybridized carbons (Fsp3) is 0.300. The van der Waals surface area contributed by atoms with Crippen LogP contribution in [0.25, 0.3) is 10.9 Å². The summed E-state index contributed by atoms with van der Waals surface area (Å²) in [4.78, 5) is 19.9. The van der Waals surface area contributed by atoms with Crippen molar-refractivity contribution >= 4 is 10.9 Å². The van der Waals surface area contributed by atoms with E-state index >= 15 is 0 Å². The van der Waals surface area contributed by atoms with Crippen LogP contribution in [-0.4, -0.2) is 28.3 Å². The zero-order chi connectivity index (χ0) is 10.7. The van der Waals surface area contributed by atoms with Crippen molar-refractivity contribution in [3.05, 3.63) is 35.1 Å². The molecule has 0 fully saturated rings. The topological polar surface area (TPSA) is 57.0 Å². The standard InChI is InChI=1S/C10H11N3O2/c1-15-5-4-13-7-12-9-6-11-3-2-8(9)10(13)14/h2-3,6-7H,4-5H2,1H3. The monoisotopic (exact) mass is 205 g/mol. The number of fused-ring (bicyclic) bond motifs is 1. The van der Waals surface area contributed by atoms with Crippen LogP contribution in [0.5, 0.6) is 0 Å². The summed E-state index contributed by atoms with van der Waals surface area (Å²) in [6.07, 6.45) is 4.69. The van der Waals surface area contributed by atoms with E-state index in [0.29, 0.717) is 24.1 Å². The van der Waals surface area contributed by atoms with Crippen LogP contribution in [0.15, 0.2) is 29.6 Å². The number of rotatable bonds is 3. The number of hydrogen-bond donors (Lipinski definition) is 0. The van der Waals surface area contributed by atoms with Crippen molar-refractivity contribution in [3.63, 3.8) is 0 Å². The van der Waals surface area contributed by atoms with Gasteiger partial charge in [0.05, 0.1) is 36.6 Å². The predicted molar refractivity (Wildman–Crippen MR) is 55.7 cm³/mol. The molecule has 15 heavy (non-hydrogen) atoms. The van der Waals surface area contributed by atoms with E-state index in [9.17, 15) is 4.79 Å². The van der Waals surface area contributed by atoms with Crippen LogP contribution >= 0.6 is 0 Å². The first-order valence-electron chi connectivity index (χ1n) is 4.61. The Bertz CT molecular complexity index is 521. The molecular formula is C10H11N3O2. The van der Waals surface area contributed by atoms with E-state index in [2.05, 4.69) is 9.97 Å². The van der Waals surface area contributed by atoms with Gasteiger partial charge < -0.3 is 4.74 Å². The second kappa shape index (κ2) is 4.18. The Balaban J connectivity index is 2.51. The molecule has 0 aliphatic heterocycles. The predicted octanol–water partition coefficient (Wildman–Crippen LogP) is 0.438. The molecule has 2 aromatic heterocycles. The third-order valence-corrected chi connectivity index (χ3v) is 2.16. The Hall–Kier alpha value is -1.75. The molecule has 5 heteroatoms. The fourth-order valence-electron chi connectivity index (χ4n) is 1.36. The second-order valence-electron chi connectivity index (χ2n) is 3.13. The van der Waals surface area contributed by atoms with Gasteiger partial charge in [-0.1, -0.05) is 0 Å². The summed E-state index contributed by atoms with van der Waals surface area (Å²) in [6, 6.07) is 1.67. The first kappa shape index (κ1) is 9.79. The molecular weight excluding hydrogens is 194 g/mol. The summed E-state index contributed by atoms with van der Waals surface area (Å²) in [5.74, 6) is 0. The van der Waals surface area contributed by atoms with Gasteiger partial charge in [0.15, 0.2) is 0 Å². The van der Waals surface area contributed by atoms with Crippen LogP contribution < -0.4 is 5.56 Å². The molecule has 0 aliphatic rings. The average Bonchev–Trinajstić information content (AvgIpc) is 2.29. The highest BCUT2D eigenvalue weighted by Gasteiger charge is 2.02. The van der Waals surface area contributed by atoms with Gasteiger partial charge in [0.1, 0.15) is 0 Å². The van der Waals surface area contributed by atoms with Crippen molar-refractivity contribution in [3.8, 4) is 0 Å². The molecule has 0 saturated heterocycles. The highest BCUT2D eigenvalue weighted by Crippen LogP contribution is 2.02. The molecule has 0 amide bonds. The van der Waals surface area contributed by atoms with Crippen LogP contribution in [0.3, 0.4) is 0 Å². The number of nitrogens with zero attached hydrogens (tertiary/aromatic N) is 3. The molecule has 2 heterocycles. The Morgan fingerprint density at radius 1 is 1.53 bits per heavy atom. The lowest BCUT2D eigenvalue weighted by molar-refractivity contribution is 0.186. The van der Waals surface area contributed by atoms with Gasteiger partial charge in [-0.2, -0.15) is 0 Å². The van der Waals surface area contributed by atoms with Crippen LogP contribution in [0.2, 0.25) is 0 Å². The van der Waals surface area contributed by atoms with Gasteiger partial charge in [-0.25, -0.2) is 4.98 Å². The van der Waals surface area contributed by atoms with E-state index in [-0.39, 0.29) is 5.56 Å². The Morgan fingerprint density at radius 3 is 3.20 bits per heavy atom. The van der Waals surface area contributed by atoms with Crippen LogP contribution in [-0.2, 0) is 11.3 Å². The molecule has 0 atom stereocenters. The van der Waals surface area contributed by atoms with E-state index in [4.69, 9.17) is 4.74 Å². The minimum atomic E-state index is -0.0561. The van der Waals surface area contributed by atoms with Crippen molar-refractivity contribution in [2.45, 2.75) is 6.54 Å². The smallest absolute Gasteiger partial charge is 0.261 e. The van der Waals surface area contributed by atoms with Crippen molar-refractivity contribution in [1.29, 1.82) is 0 Å². The normalized spacial score (nSPS) is 10.7. The minimum absolute atomic E-state index is 0.0561. The van der Waals surface area contributed by atoms with Gasteiger partial charge in [0.2, 0.25) is 0 Å². The molecule has 0 radical (unpaired) electrons. The maximum Gasteiger partial charge on any atom is 0.261 e. The molecule has 0 aliphatic carbocycles. The van der Waals surface area contributed by atoms with Gasteiger partial charge in [-0.3, -0.25) is 14.3 Å². The van der Waals surface area contributed by atoms with Crippen molar-refractivity contribution in [2.24, 2.45) is 0 Å². The van der Waals surface area contributed by atoms with Gasteiger partial charge in [-0.05, 0) is 6.07 Å². The van der Waals surface area contributed by atoms with Gasteiger partial charge >= 0.3 is 0 Å². The summed E-state index contributed by atoms with van der Waals surface area (Å²) in [5.41, 5.74) is 0.565. The second-order valence-corrected chi connectivity index (χ2v) is 3.13. The van der Waals surface area contributed by atoms with Crippen LogP contribution in [0.4, 0.5) is 0 Å². The molecule has 78 valence electrons. The summed E-state index contributed by atoms with van der Waals surface area (Å²) in [5, 5.41) is 0.587. The lowest BCUT2D eigenvalue weighted by atomic mass is 10.3. The van der Waals surface area contributed by atoms with E-state index in [1.165, 1.54) is 10.9 Å². The van der Waals surface area contributed by atoms with E-state index < -0.39 is 0 Å². The molecule has 5 nitrogen and oxygen atoms in total. The van der Waals surface area contributed by atoms with Crippen molar-refractivity contribution in [1.82, 2.24) is 14.5 Å². The molecule has 0 bridgehead atoms. The molecule has 0 N–H and O–H groups in total. The lowest BCUT2D eigenvalue weighted by Gasteiger charge is -2.04. The highest BCUT2D eigenvalue weighted by atomic mass is 16.5. The highest BCUT2D eigenvalue weighted by molar-refractivity contribution is 5.75. The molecule has 0 unspecified atom stereocenters. The van der Waals surface area contributed by atoms with E-state index in [1.54, 1.807) is 25.6 Å². The zero-order valence-electron chi connectivity index (χ0n) is 8.38. The first-order chi connectivity index (χ1) is 7.33. The summed E-state index contributed by atoms with van der Waals surface area (Å²) in [7, 11) is 1.60. The van der Waals surface area contributed by atoms with Crippen LogP contribution in [0, 0.1) is 0 Å². The molecule has 0 aromatic carbocycles. The number of ether oxygens (including phenoxy) is 1. The third-order valence-electron chi connectivity index (χ3n) is 2.16. The maximum atomic E-state index is 11.9.